The molecule has 0 fully saturated rings. The largest absolute Gasteiger partial charge is 0.492 e. The van der Waals surface area contributed by atoms with Crippen molar-refractivity contribution >= 4 is 18.6 Å². The first-order valence-corrected chi connectivity index (χ1v) is 8.22. The van der Waals surface area contributed by atoms with Crippen molar-refractivity contribution < 1.29 is 23.9 Å². The van der Waals surface area contributed by atoms with Gasteiger partial charge in [0.2, 0.25) is 5.88 Å². The van der Waals surface area contributed by atoms with Crippen LogP contribution in [0.3, 0.4) is 0 Å². The molecule has 2 aromatic rings. The number of esters is 1. The summed E-state index contributed by atoms with van der Waals surface area (Å²) in [5.41, 5.74) is 2.38. The number of hydrogen-bond acceptors (Lipinski definition) is 7. The molecule has 25 heavy (non-hydrogen) atoms. The Morgan fingerprint density at radius 1 is 1.36 bits per heavy atom. The van der Waals surface area contributed by atoms with E-state index in [4.69, 9.17) is 14.1 Å². The van der Waals surface area contributed by atoms with E-state index in [9.17, 15) is 9.82 Å². The van der Waals surface area contributed by atoms with Crippen LogP contribution in [-0.2, 0) is 20.6 Å². The average molecular weight is 342 g/mol. The maximum atomic E-state index is 11.8. The van der Waals surface area contributed by atoms with Crippen LogP contribution in [0.25, 0.3) is 0 Å². The topological polar surface area (TPSA) is 90.8 Å². The van der Waals surface area contributed by atoms with Crippen LogP contribution in [-0.4, -0.2) is 34.7 Å². The molecular formula is C17H19BN2O5. The number of carbonyl (C=O) groups is 1. The molecule has 1 aromatic carbocycles. The van der Waals surface area contributed by atoms with Gasteiger partial charge in [-0.3, -0.25) is 9.78 Å². The first-order chi connectivity index (χ1) is 12.1. The maximum absolute atomic E-state index is 11.8. The minimum absolute atomic E-state index is 0.0647. The number of fused-ring (bicyclic) bond motifs is 1. The maximum Gasteiger partial charge on any atom is 0.492 e. The Morgan fingerprint density at radius 3 is 2.88 bits per heavy atom. The normalized spacial score (nSPS) is 15.8. The molecule has 0 bridgehead atoms. The van der Waals surface area contributed by atoms with Gasteiger partial charge in [0.1, 0.15) is 5.75 Å². The van der Waals surface area contributed by atoms with Gasteiger partial charge in [-0.1, -0.05) is 6.92 Å². The van der Waals surface area contributed by atoms with Crippen LogP contribution >= 0.6 is 0 Å². The summed E-state index contributed by atoms with van der Waals surface area (Å²) in [6.07, 6.45) is 4.85. The molecule has 8 heteroatoms. The van der Waals surface area contributed by atoms with Crippen molar-refractivity contribution in [2.24, 2.45) is 0 Å². The summed E-state index contributed by atoms with van der Waals surface area (Å²) < 4.78 is 16.3. The monoisotopic (exact) mass is 342 g/mol. The third-order valence-electron chi connectivity index (χ3n) is 3.95. The summed E-state index contributed by atoms with van der Waals surface area (Å²) in [6, 6.07) is 3.58. The number of aromatic nitrogens is 2. The fraction of sp³-hybridized carbons (Fsp3) is 0.353. The second-order valence-corrected chi connectivity index (χ2v) is 5.57. The quantitative estimate of drug-likeness (QED) is 0.629. The number of hydrogen-bond donors (Lipinski definition) is 1. The van der Waals surface area contributed by atoms with E-state index in [0.717, 1.165) is 11.1 Å². The molecule has 0 radical (unpaired) electrons. The standard InChI is InChI=1S/C17H19BN2O5/c1-3-11-7-12(24-15-10-19-5-6-20-15)8-13-17(11)14(25-18(13)22)9-16(21)23-4-2/h5-8,10,14,22H,3-4,9H2,1-2H3. The minimum atomic E-state index is -1.11. The molecule has 130 valence electrons. The highest BCUT2D eigenvalue weighted by Gasteiger charge is 2.38. The van der Waals surface area contributed by atoms with Crippen LogP contribution in [0.5, 0.6) is 11.6 Å². The molecule has 0 amide bonds. The van der Waals surface area contributed by atoms with Crippen molar-refractivity contribution in [1.29, 1.82) is 0 Å². The van der Waals surface area contributed by atoms with Crippen molar-refractivity contribution in [1.82, 2.24) is 9.97 Å². The first kappa shape index (κ1) is 17.4. The van der Waals surface area contributed by atoms with Crippen LogP contribution in [0.15, 0.2) is 30.7 Å². The van der Waals surface area contributed by atoms with Gasteiger partial charge in [0.15, 0.2) is 0 Å². The summed E-state index contributed by atoms with van der Waals surface area (Å²) >= 11 is 0. The zero-order chi connectivity index (χ0) is 17.8. The molecular weight excluding hydrogens is 323 g/mol. The molecule has 3 rings (SSSR count). The molecule has 0 aliphatic carbocycles. The number of carbonyl (C=O) groups excluding carboxylic acids is 1. The van der Waals surface area contributed by atoms with E-state index in [1.165, 1.54) is 12.4 Å². The Balaban J connectivity index is 1.90. The van der Waals surface area contributed by atoms with Crippen molar-refractivity contribution in [2.45, 2.75) is 32.8 Å². The van der Waals surface area contributed by atoms with Crippen LogP contribution in [0, 0.1) is 0 Å². The van der Waals surface area contributed by atoms with Gasteiger partial charge in [-0.2, -0.15) is 0 Å². The van der Waals surface area contributed by atoms with Gasteiger partial charge in [-0.25, -0.2) is 4.98 Å². The van der Waals surface area contributed by atoms with Gasteiger partial charge in [-0.15, -0.1) is 0 Å². The Labute approximate surface area is 146 Å². The SMILES string of the molecule is CCOC(=O)CC1OB(O)c2cc(Oc3cnccn3)cc(CC)c21. The summed E-state index contributed by atoms with van der Waals surface area (Å²) in [7, 11) is -1.11. The smallest absolute Gasteiger partial charge is 0.466 e. The highest BCUT2D eigenvalue weighted by molar-refractivity contribution is 6.62. The number of rotatable bonds is 6. The molecule has 1 atom stereocenters. The molecule has 2 heterocycles. The lowest BCUT2D eigenvalue weighted by molar-refractivity contribution is -0.145. The van der Waals surface area contributed by atoms with Crippen LogP contribution in [0.4, 0.5) is 0 Å². The molecule has 1 N–H and O–H groups in total. The van der Waals surface area contributed by atoms with E-state index in [0.29, 0.717) is 30.1 Å². The predicted molar refractivity (Wildman–Crippen MR) is 90.6 cm³/mol. The van der Waals surface area contributed by atoms with Crippen molar-refractivity contribution in [3.63, 3.8) is 0 Å². The third-order valence-corrected chi connectivity index (χ3v) is 3.95. The molecule has 1 aliphatic rings. The highest BCUT2D eigenvalue weighted by Crippen LogP contribution is 2.33. The Bertz CT molecular complexity index is 756. The lowest BCUT2D eigenvalue weighted by Gasteiger charge is -2.15. The van der Waals surface area contributed by atoms with Crippen molar-refractivity contribution in [3.05, 3.63) is 41.9 Å². The third kappa shape index (κ3) is 3.80. The van der Waals surface area contributed by atoms with E-state index in [1.807, 2.05) is 13.0 Å². The number of benzene rings is 1. The van der Waals surface area contributed by atoms with Crippen LogP contribution in [0.1, 0.15) is 37.5 Å². The molecule has 0 saturated heterocycles. The minimum Gasteiger partial charge on any atom is -0.466 e. The van der Waals surface area contributed by atoms with Crippen molar-refractivity contribution in [3.8, 4) is 11.6 Å². The fourth-order valence-electron chi connectivity index (χ4n) is 2.93. The summed E-state index contributed by atoms with van der Waals surface area (Å²) in [4.78, 5) is 19.8. The molecule has 1 unspecified atom stereocenters. The van der Waals surface area contributed by atoms with Gasteiger partial charge in [-0.05, 0) is 42.1 Å². The number of ether oxygens (including phenoxy) is 2. The van der Waals surface area contributed by atoms with Crippen LogP contribution < -0.4 is 10.2 Å². The first-order valence-electron chi connectivity index (χ1n) is 8.22. The predicted octanol–water partition coefficient (Wildman–Crippen LogP) is 1.54. The van der Waals surface area contributed by atoms with E-state index in [1.54, 1.807) is 19.2 Å². The number of nitrogens with zero attached hydrogens (tertiary/aromatic N) is 2. The van der Waals surface area contributed by atoms with E-state index in [2.05, 4.69) is 9.97 Å². The zero-order valence-electron chi connectivity index (χ0n) is 14.1. The second-order valence-electron chi connectivity index (χ2n) is 5.57. The summed E-state index contributed by atoms with van der Waals surface area (Å²) in [5, 5.41) is 10.2. The molecule has 1 aromatic heterocycles. The van der Waals surface area contributed by atoms with Gasteiger partial charge in [0, 0.05) is 12.4 Å². The Hall–Kier alpha value is -2.45. The molecule has 0 saturated carbocycles. The van der Waals surface area contributed by atoms with Crippen LogP contribution in [0.2, 0.25) is 0 Å². The number of aryl methyl sites for hydroxylation is 1. The van der Waals surface area contributed by atoms with Gasteiger partial charge in [0.05, 0.1) is 25.3 Å². The fourth-order valence-corrected chi connectivity index (χ4v) is 2.93. The zero-order valence-corrected chi connectivity index (χ0v) is 14.1. The van der Waals surface area contributed by atoms with E-state index < -0.39 is 13.2 Å². The lowest BCUT2D eigenvalue weighted by atomic mass is 9.77. The van der Waals surface area contributed by atoms with Gasteiger partial charge in [0.25, 0.3) is 0 Å². The Kier molecular flexibility index (Phi) is 5.30. The summed E-state index contributed by atoms with van der Waals surface area (Å²) in [6.45, 7) is 4.06. The molecule has 1 aliphatic heterocycles. The molecule has 0 spiro atoms. The second kappa shape index (κ2) is 7.63. The average Bonchev–Trinajstić information content (AvgIpc) is 2.91. The summed E-state index contributed by atoms with van der Waals surface area (Å²) in [5.74, 6) is 0.547. The lowest BCUT2D eigenvalue weighted by Crippen LogP contribution is -2.28. The highest BCUT2D eigenvalue weighted by atomic mass is 16.5. The van der Waals surface area contributed by atoms with Gasteiger partial charge >= 0.3 is 13.1 Å². The van der Waals surface area contributed by atoms with E-state index >= 15 is 0 Å². The Morgan fingerprint density at radius 2 is 2.20 bits per heavy atom. The van der Waals surface area contributed by atoms with E-state index in [-0.39, 0.29) is 12.4 Å². The van der Waals surface area contributed by atoms with Crippen molar-refractivity contribution in [2.75, 3.05) is 6.61 Å². The molecule has 7 nitrogen and oxygen atoms in total. The van der Waals surface area contributed by atoms with Gasteiger partial charge < -0.3 is 19.2 Å².